The maximum Gasteiger partial charge on any atom is 0.274 e. The van der Waals surface area contributed by atoms with Gasteiger partial charge in [0.25, 0.3) is 5.56 Å². The number of morpholine rings is 1. The summed E-state index contributed by atoms with van der Waals surface area (Å²) in [6, 6.07) is 10.1. The lowest BCUT2D eigenvalue weighted by molar-refractivity contribution is -0.000526. The minimum Gasteiger partial charge on any atom is -0.416 e. The maximum atomic E-state index is 13.5. The van der Waals surface area contributed by atoms with Crippen molar-refractivity contribution in [3.8, 4) is 17.3 Å². The lowest BCUT2D eigenvalue weighted by Gasteiger charge is -2.39. The topological polar surface area (TPSA) is 117 Å². The summed E-state index contributed by atoms with van der Waals surface area (Å²) in [4.78, 5) is 24.9. The summed E-state index contributed by atoms with van der Waals surface area (Å²) in [6.45, 7) is 19.3. The average Bonchev–Trinajstić information content (AvgIpc) is 3.31. The quantitative estimate of drug-likeness (QED) is 0.327. The van der Waals surface area contributed by atoms with Crippen LogP contribution >= 0.6 is 0 Å². The number of ether oxygens (including phenoxy) is 1. The van der Waals surface area contributed by atoms with Crippen LogP contribution in [0, 0.1) is 18.3 Å². The van der Waals surface area contributed by atoms with Gasteiger partial charge in [0.2, 0.25) is 5.95 Å². The average molecular weight is 616 g/mol. The van der Waals surface area contributed by atoms with Crippen LogP contribution in [-0.2, 0) is 21.1 Å². The Balaban J connectivity index is 1.43. The number of nitrogens with one attached hydrogen (secondary N) is 2. The predicted molar refractivity (Wildman–Crippen MR) is 177 cm³/mol. The van der Waals surface area contributed by atoms with Crippen molar-refractivity contribution >= 4 is 25.6 Å². The van der Waals surface area contributed by atoms with Crippen LogP contribution < -0.4 is 16.2 Å². The molecule has 5 rings (SSSR count). The van der Waals surface area contributed by atoms with Crippen LogP contribution in [0.1, 0.15) is 44.4 Å². The molecule has 10 nitrogen and oxygen atoms in total. The Morgan fingerprint density at radius 2 is 2.07 bits per heavy atom. The van der Waals surface area contributed by atoms with Crippen molar-refractivity contribution < 1.29 is 9.16 Å². The van der Waals surface area contributed by atoms with Gasteiger partial charge in [0.05, 0.1) is 36.2 Å². The van der Waals surface area contributed by atoms with Gasteiger partial charge in [-0.1, -0.05) is 27.7 Å². The summed E-state index contributed by atoms with van der Waals surface area (Å²) < 4.78 is 14.1. The van der Waals surface area contributed by atoms with E-state index in [2.05, 4.69) is 80.5 Å². The third-order valence-electron chi connectivity index (χ3n) is 9.47. The smallest absolute Gasteiger partial charge is 0.274 e. The van der Waals surface area contributed by atoms with Crippen LogP contribution in [0.4, 0.5) is 17.3 Å². The van der Waals surface area contributed by atoms with E-state index in [4.69, 9.17) is 14.1 Å². The molecule has 1 fully saturated rings. The Morgan fingerprint density at radius 1 is 1.30 bits per heavy atom. The number of aromatic nitrogens is 3. The fourth-order valence-corrected chi connectivity index (χ4v) is 6.59. The van der Waals surface area contributed by atoms with Crippen molar-refractivity contribution in [3.05, 3.63) is 63.7 Å². The molecule has 0 amide bonds. The number of anilines is 3. The summed E-state index contributed by atoms with van der Waals surface area (Å²) in [5.74, 6) is 0.316. The lowest BCUT2D eigenvalue weighted by Crippen LogP contribution is -2.46. The third-order valence-corrected chi connectivity index (χ3v) is 14.0. The third kappa shape index (κ3) is 6.44. The Hall–Kier alpha value is -3.56. The highest BCUT2D eigenvalue weighted by molar-refractivity contribution is 6.74. The van der Waals surface area contributed by atoms with Crippen LogP contribution in [-0.4, -0.2) is 73.8 Å². The Morgan fingerprint density at radius 3 is 2.77 bits per heavy atom. The molecule has 44 heavy (non-hydrogen) atoms. The number of benzene rings is 1. The predicted octanol–water partition coefficient (Wildman–Crippen LogP) is 5.26. The minimum absolute atomic E-state index is 0.101. The lowest BCUT2D eigenvalue weighted by atomic mass is 9.83. The molecule has 1 aromatic carbocycles. The van der Waals surface area contributed by atoms with Gasteiger partial charge in [-0.25, -0.2) is 9.97 Å². The highest BCUT2D eigenvalue weighted by atomic mass is 28.4. The van der Waals surface area contributed by atoms with Crippen molar-refractivity contribution in [2.45, 2.75) is 70.8 Å². The molecule has 0 radical (unpaired) electrons. The maximum absolute atomic E-state index is 13.5. The molecule has 4 heterocycles. The van der Waals surface area contributed by atoms with Crippen LogP contribution in [0.3, 0.4) is 0 Å². The van der Waals surface area contributed by atoms with Crippen molar-refractivity contribution in [3.63, 3.8) is 0 Å². The summed E-state index contributed by atoms with van der Waals surface area (Å²) in [5.41, 5.74) is 4.88. The Labute approximate surface area is 261 Å². The molecule has 2 N–H and O–H groups in total. The molecule has 0 bridgehead atoms. The summed E-state index contributed by atoms with van der Waals surface area (Å²) in [6.07, 6.45) is 3.55. The molecule has 1 unspecified atom stereocenters. The van der Waals surface area contributed by atoms with Gasteiger partial charge in [-0.05, 0) is 67.5 Å². The number of pyridine rings is 1. The highest BCUT2D eigenvalue weighted by Crippen LogP contribution is 2.44. The number of rotatable bonds is 8. The van der Waals surface area contributed by atoms with Crippen LogP contribution in [0.15, 0.2) is 41.5 Å². The van der Waals surface area contributed by atoms with E-state index in [1.807, 2.05) is 31.3 Å². The molecule has 0 saturated carbocycles. The van der Waals surface area contributed by atoms with E-state index in [-0.39, 0.29) is 22.1 Å². The van der Waals surface area contributed by atoms with Crippen molar-refractivity contribution in [1.29, 1.82) is 5.26 Å². The molecular weight excluding hydrogens is 570 g/mol. The second-order valence-corrected chi connectivity index (χ2v) is 18.8. The summed E-state index contributed by atoms with van der Waals surface area (Å²) in [7, 11) is 0.0873. The van der Waals surface area contributed by atoms with Gasteiger partial charge in [-0.2, -0.15) is 5.26 Å². The molecule has 2 aliphatic rings. The van der Waals surface area contributed by atoms with E-state index in [0.717, 1.165) is 28.9 Å². The number of likely N-dealkylation sites (N-methyl/N-ethyl adjacent to an activating group) is 1. The first-order chi connectivity index (χ1) is 20.7. The second-order valence-electron chi connectivity index (χ2n) is 14.0. The van der Waals surface area contributed by atoms with E-state index in [0.29, 0.717) is 55.8 Å². The number of hydrogen-bond acceptors (Lipinski definition) is 9. The molecule has 2 atom stereocenters. The largest absolute Gasteiger partial charge is 0.416 e. The summed E-state index contributed by atoms with van der Waals surface area (Å²) in [5, 5.41) is 16.8. The number of aryl methyl sites for hydroxylation is 1. The SMILES string of the molecule is Cc1cc(Nc2nccc(-c3cc(C#N)c4c(c3)[C@@](C)(CO[Si](C)(C)C(C)(C)C)CN4)n2)c(=O)n(CC2COCCN2C)c1. The van der Waals surface area contributed by atoms with Gasteiger partial charge in [-0.15, -0.1) is 0 Å². The standard InChI is InChI=1S/C33H45N7O3Si/c1-22-13-28(30(41)40(17-22)18-25-19-42-12-11-39(25)6)38-31-35-10-9-27(37-31)23-14-24(16-34)29-26(15-23)33(5,20-36-29)21-43-44(7,8)32(2,3)4/h9-10,13-15,17,25,36H,11-12,18-21H2,1-8H3,(H,35,37,38)/t25?,33-/m1/s1. The molecule has 0 aliphatic carbocycles. The highest BCUT2D eigenvalue weighted by Gasteiger charge is 2.42. The van der Waals surface area contributed by atoms with Crippen LogP contribution in [0.5, 0.6) is 0 Å². The minimum atomic E-state index is -1.97. The van der Waals surface area contributed by atoms with Gasteiger partial charge in [-0.3, -0.25) is 9.69 Å². The first-order valence-electron chi connectivity index (χ1n) is 15.3. The normalized spacial score (nSPS) is 20.6. The molecule has 3 aromatic rings. The number of nitrogens with zero attached hydrogens (tertiary/aromatic N) is 5. The monoisotopic (exact) mass is 615 g/mol. The van der Waals surface area contributed by atoms with E-state index in [1.165, 1.54) is 0 Å². The molecule has 234 valence electrons. The van der Waals surface area contributed by atoms with E-state index in [9.17, 15) is 10.1 Å². The fourth-order valence-electron chi connectivity index (χ4n) is 5.48. The first-order valence-corrected chi connectivity index (χ1v) is 18.2. The Bertz CT molecular complexity index is 1640. The van der Waals surface area contributed by atoms with Crippen molar-refractivity contribution in [2.24, 2.45) is 0 Å². The van der Waals surface area contributed by atoms with Gasteiger partial charge < -0.3 is 24.4 Å². The molecular formula is C33H45N7O3Si. The van der Waals surface area contributed by atoms with Gasteiger partial charge in [0.15, 0.2) is 8.32 Å². The second kappa shape index (κ2) is 12.1. The zero-order valence-electron chi connectivity index (χ0n) is 27.2. The zero-order chi connectivity index (χ0) is 31.9. The fraction of sp³-hybridized carbons (Fsp3) is 0.515. The zero-order valence-corrected chi connectivity index (χ0v) is 28.2. The van der Waals surface area contributed by atoms with E-state index in [1.54, 1.807) is 10.8 Å². The Kier molecular flexibility index (Phi) is 8.75. The first kappa shape index (κ1) is 31.8. The molecule has 0 spiro atoms. The number of fused-ring (bicyclic) bond motifs is 1. The van der Waals surface area contributed by atoms with Gasteiger partial charge in [0.1, 0.15) is 11.8 Å². The van der Waals surface area contributed by atoms with Gasteiger partial charge >= 0.3 is 0 Å². The van der Waals surface area contributed by atoms with Crippen LogP contribution in [0.25, 0.3) is 11.3 Å². The number of hydrogen-bond donors (Lipinski definition) is 2. The molecule has 1 saturated heterocycles. The summed E-state index contributed by atoms with van der Waals surface area (Å²) >= 11 is 0. The van der Waals surface area contributed by atoms with Crippen molar-refractivity contribution in [1.82, 2.24) is 19.4 Å². The van der Waals surface area contributed by atoms with Gasteiger partial charge in [0, 0.05) is 49.6 Å². The molecule has 11 heteroatoms. The van der Waals surface area contributed by atoms with E-state index < -0.39 is 8.32 Å². The number of nitriles is 1. The van der Waals surface area contributed by atoms with E-state index >= 15 is 0 Å². The molecule has 2 aliphatic heterocycles. The van der Waals surface area contributed by atoms with Crippen LogP contribution in [0.2, 0.25) is 18.1 Å². The molecule has 2 aromatic heterocycles. The van der Waals surface area contributed by atoms with Crippen molar-refractivity contribution in [2.75, 3.05) is 50.6 Å².